The highest BCUT2D eigenvalue weighted by atomic mass is 32.1. The number of H-pyrrole nitrogens is 1. The Bertz CT molecular complexity index is 1730. The topological polar surface area (TPSA) is 174 Å². The summed E-state index contributed by atoms with van der Waals surface area (Å²) in [6, 6.07) is 7.97. The Labute approximate surface area is 243 Å². The summed E-state index contributed by atoms with van der Waals surface area (Å²) in [5, 5.41) is 19.9. The van der Waals surface area contributed by atoms with Crippen molar-refractivity contribution in [3.05, 3.63) is 53.3 Å². The lowest BCUT2D eigenvalue weighted by Crippen LogP contribution is -2.36. The lowest BCUT2D eigenvalue weighted by atomic mass is 10.1. The van der Waals surface area contributed by atoms with Crippen LogP contribution >= 0.6 is 11.3 Å². The Balaban J connectivity index is 1.38. The number of aromatic amines is 1. The smallest absolute Gasteiger partial charge is 0.277 e. The monoisotopic (exact) mass is 588 g/mol. The van der Waals surface area contributed by atoms with Gasteiger partial charge in [-0.1, -0.05) is 12.1 Å². The van der Waals surface area contributed by atoms with Crippen LogP contribution in [0.3, 0.4) is 0 Å². The molecule has 14 nitrogen and oxygen atoms in total. The summed E-state index contributed by atoms with van der Waals surface area (Å²) in [6.45, 7) is 5.38. The SMILES string of the molecule is CC(=O)NCCN(Cc1cc2nc(-c3cccc4[nH]ncc34)nc(N3CCOCC3)c2s1)c1ncc(C(=O)NO)cn1. The minimum absolute atomic E-state index is 0.121. The maximum absolute atomic E-state index is 11.8. The van der Waals surface area contributed by atoms with Gasteiger partial charge in [-0.25, -0.2) is 25.4 Å². The van der Waals surface area contributed by atoms with E-state index < -0.39 is 5.91 Å². The number of rotatable bonds is 9. The standard InChI is InChI=1S/C27H28N10O4S/c1-16(38)28-5-6-37(27-29-12-17(13-30-27)26(39)35-40)15-18-11-22-23(42-18)25(36-7-9-41-10-8-36)33-24(32-22)19-3-2-4-21-20(19)14-31-34-21/h2-4,11-14,40H,5-10,15H2,1H3,(H,28,38)(H,31,34)(H,35,39). The molecule has 0 bridgehead atoms. The van der Waals surface area contributed by atoms with Gasteiger partial charge in [0.15, 0.2) is 11.6 Å². The molecule has 0 unspecified atom stereocenters. The third kappa shape index (κ3) is 5.70. The zero-order chi connectivity index (χ0) is 29.1. The van der Waals surface area contributed by atoms with Crippen LogP contribution in [0.25, 0.3) is 32.5 Å². The van der Waals surface area contributed by atoms with Crippen LogP contribution in [0.4, 0.5) is 11.8 Å². The highest BCUT2D eigenvalue weighted by Gasteiger charge is 2.22. The molecule has 1 aliphatic rings. The van der Waals surface area contributed by atoms with Gasteiger partial charge in [-0.05, 0) is 12.1 Å². The van der Waals surface area contributed by atoms with Crippen molar-refractivity contribution in [1.29, 1.82) is 0 Å². The average Bonchev–Trinajstić information content (AvgIpc) is 3.67. The van der Waals surface area contributed by atoms with Gasteiger partial charge < -0.3 is 19.9 Å². The highest BCUT2D eigenvalue weighted by molar-refractivity contribution is 7.19. The van der Waals surface area contributed by atoms with E-state index in [0.29, 0.717) is 44.6 Å². The van der Waals surface area contributed by atoms with E-state index in [9.17, 15) is 9.59 Å². The first-order valence-corrected chi connectivity index (χ1v) is 14.1. The number of carbonyl (C=O) groups is 2. The van der Waals surface area contributed by atoms with Crippen LogP contribution < -0.4 is 20.6 Å². The van der Waals surface area contributed by atoms with Crippen molar-refractivity contribution < 1.29 is 19.5 Å². The number of fused-ring (bicyclic) bond motifs is 2. The molecule has 1 aromatic carbocycles. The molecule has 42 heavy (non-hydrogen) atoms. The zero-order valence-corrected chi connectivity index (χ0v) is 23.5. The number of hydrogen-bond donors (Lipinski definition) is 4. The third-order valence-electron chi connectivity index (χ3n) is 6.83. The fourth-order valence-corrected chi connectivity index (χ4v) is 5.91. The lowest BCUT2D eigenvalue weighted by Gasteiger charge is -2.28. The van der Waals surface area contributed by atoms with Gasteiger partial charge in [0.2, 0.25) is 11.9 Å². The van der Waals surface area contributed by atoms with Gasteiger partial charge in [-0.3, -0.25) is 19.9 Å². The first-order chi connectivity index (χ1) is 20.5. The minimum Gasteiger partial charge on any atom is -0.378 e. The first kappa shape index (κ1) is 27.4. The molecule has 0 atom stereocenters. The molecule has 5 aromatic rings. The van der Waals surface area contributed by atoms with E-state index in [4.69, 9.17) is 19.9 Å². The first-order valence-electron chi connectivity index (χ1n) is 13.3. The molecule has 0 radical (unpaired) electrons. The molecular formula is C27H28N10O4S. The van der Waals surface area contributed by atoms with Crippen LogP contribution in [-0.2, 0) is 16.1 Å². The molecule has 0 saturated carbocycles. The molecule has 4 N–H and O–H groups in total. The summed E-state index contributed by atoms with van der Waals surface area (Å²) in [5.74, 6) is 1.00. The van der Waals surface area contributed by atoms with Crippen molar-refractivity contribution in [3.8, 4) is 11.4 Å². The summed E-state index contributed by atoms with van der Waals surface area (Å²) in [6.07, 6.45) is 4.47. The van der Waals surface area contributed by atoms with Gasteiger partial charge in [-0.2, -0.15) is 5.10 Å². The normalized spacial score (nSPS) is 13.4. The van der Waals surface area contributed by atoms with Gasteiger partial charge in [0.25, 0.3) is 5.91 Å². The largest absolute Gasteiger partial charge is 0.378 e. The number of amides is 2. The number of nitrogens with zero attached hydrogens (tertiary/aromatic N) is 7. The Morgan fingerprint density at radius 1 is 1.17 bits per heavy atom. The Morgan fingerprint density at radius 3 is 2.74 bits per heavy atom. The van der Waals surface area contributed by atoms with E-state index in [1.54, 1.807) is 23.0 Å². The van der Waals surface area contributed by atoms with Crippen molar-refractivity contribution in [2.75, 3.05) is 49.2 Å². The van der Waals surface area contributed by atoms with E-state index in [2.05, 4.69) is 30.4 Å². The number of thiophene rings is 1. The third-order valence-corrected chi connectivity index (χ3v) is 7.93. The second-order valence-corrected chi connectivity index (χ2v) is 10.8. The molecule has 1 saturated heterocycles. The number of morpholine rings is 1. The predicted octanol–water partition coefficient (Wildman–Crippen LogP) is 2.12. The Hall–Kier alpha value is -4.73. The maximum Gasteiger partial charge on any atom is 0.277 e. The second kappa shape index (κ2) is 12.0. The number of anilines is 2. The van der Waals surface area contributed by atoms with Gasteiger partial charge in [0, 0.05) is 61.3 Å². The van der Waals surface area contributed by atoms with Crippen molar-refractivity contribution >= 4 is 56.0 Å². The summed E-state index contributed by atoms with van der Waals surface area (Å²) in [7, 11) is 0. The van der Waals surface area contributed by atoms with E-state index >= 15 is 0 Å². The molecule has 0 spiro atoms. The van der Waals surface area contributed by atoms with Crippen LogP contribution in [0.5, 0.6) is 0 Å². The Kier molecular flexibility index (Phi) is 7.85. The quantitative estimate of drug-likeness (QED) is 0.147. The van der Waals surface area contributed by atoms with E-state index in [0.717, 1.165) is 50.5 Å². The summed E-state index contributed by atoms with van der Waals surface area (Å²) in [4.78, 5) is 47.1. The van der Waals surface area contributed by atoms with Crippen LogP contribution in [0, 0.1) is 0 Å². The predicted molar refractivity (Wildman–Crippen MR) is 157 cm³/mol. The number of ether oxygens (including phenoxy) is 1. The average molecular weight is 589 g/mol. The fraction of sp³-hybridized carbons (Fsp3) is 0.296. The number of hydroxylamine groups is 1. The lowest BCUT2D eigenvalue weighted by molar-refractivity contribution is -0.118. The fourth-order valence-electron chi connectivity index (χ4n) is 4.79. The zero-order valence-electron chi connectivity index (χ0n) is 22.7. The molecule has 2 amide bonds. The molecular weight excluding hydrogens is 560 g/mol. The van der Waals surface area contributed by atoms with Crippen LogP contribution in [0.2, 0.25) is 0 Å². The van der Waals surface area contributed by atoms with Crippen molar-refractivity contribution in [1.82, 2.24) is 40.9 Å². The molecule has 15 heteroatoms. The number of carbonyl (C=O) groups excluding carboxylic acids is 2. The maximum atomic E-state index is 11.8. The van der Waals surface area contributed by atoms with Crippen molar-refractivity contribution in [2.24, 2.45) is 0 Å². The molecule has 0 aliphatic carbocycles. The summed E-state index contributed by atoms with van der Waals surface area (Å²) >= 11 is 1.59. The summed E-state index contributed by atoms with van der Waals surface area (Å²) < 4.78 is 6.57. The van der Waals surface area contributed by atoms with Gasteiger partial charge >= 0.3 is 0 Å². The van der Waals surface area contributed by atoms with E-state index in [1.807, 2.05) is 29.2 Å². The number of hydrogen-bond acceptors (Lipinski definition) is 12. The van der Waals surface area contributed by atoms with Crippen LogP contribution in [0.1, 0.15) is 22.2 Å². The molecule has 4 aromatic heterocycles. The van der Waals surface area contributed by atoms with Gasteiger partial charge in [-0.15, -0.1) is 11.3 Å². The van der Waals surface area contributed by atoms with Gasteiger partial charge in [0.1, 0.15) is 0 Å². The number of nitrogens with one attached hydrogen (secondary N) is 3. The molecule has 5 heterocycles. The van der Waals surface area contributed by atoms with Crippen molar-refractivity contribution in [2.45, 2.75) is 13.5 Å². The van der Waals surface area contributed by atoms with Crippen LogP contribution in [0.15, 0.2) is 42.9 Å². The van der Waals surface area contributed by atoms with E-state index in [1.165, 1.54) is 19.3 Å². The van der Waals surface area contributed by atoms with Crippen molar-refractivity contribution in [3.63, 3.8) is 0 Å². The molecule has 6 rings (SSSR count). The summed E-state index contributed by atoms with van der Waals surface area (Å²) in [5.41, 5.74) is 4.32. The molecule has 1 aliphatic heterocycles. The Morgan fingerprint density at radius 2 is 1.98 bits per heavy atom. The molecule has 1 fully saturated rings. The number of benzene rings is 1. The highest BCUT2D eigenvalue weighted by Crippen LogP contribution is 2.36. The minimum atomic E-state index is -0.702. The van der Waals surface area contributed by atoms with Gasteiger partial charge in [0.05, 0.1) is 47.3 Å². The molecule has 216 valence electrons. The number of aromatic nitrogens is 6. The van der Waals surface area contributed by atoms with Crippen LogP contribution in [-0.4, -0.2) is 86.5 Å². The second-order valence-electron chi connectivity index (χ2n) is 9.65. The van der Waals surface area contributed by atoms with E-state index in [-0.39, 0.29) is 11.5 Å².